The lowest BCUT2D eigenvalue weighted by Gasteiger charge is -2.38. The van der Waals surface area contributed by atoms with Crippen LogP contribution in [-0.2, 0) is 4.79 Å². The number of benzene rings is 1. The van der Waals surface area contributed by atoms with Gasteiger partial charge in [-0.3, -0.25) is 9.69 Å². The van der Waals surface area contributed by atoms with Crippen molar-refractivity contribution >= 4 is 11.6 Å². The van der Waals surface area contributed by atoms with E-state index in [1.807, 2.05) is 44.3 Å². The Hall–Kier alpha value is -1.39. The molecule has 1 amide bonds. The zero-order chi connectivity index (χ0) is 14.5. The fourth-order valence-electron chi connectivity index (χ4n) is 2.88. The maximum Gasteiger partial charge on any atom is 0.240 e. The number of carbonyl (C=O) groups is 1. The number of likely N-dealkylation sites (tertiary alicyclic amines) is 1. The summed E-state index contributed by atoms with van der Waals surface area (Å²) >= 11 is 0. The molecule has 1 heterocycles. The van der Waals surface area contributed by atoms with E-state index in [4.69, 9.17) is 5.73 Å². The Balaban J connectivity index is 1.99. The Morgan fingerprint density at radius 2 is 2.10 bits per heavy atom. The van der Waals surface area contributed by atoms with Crippen molar-refractivity contribution in [3.63, 3.8) is 0 Å². The first-order chi connectivity index (χ1) is 9.59. The molecule has 0 spiro atoms. The third kappa shape index (κ3) is 3.58. The number of nitrogens with two attached hydrogens (primary N) is 1. The maximum atomic E-state index is 12.4. The summed E-state index contributed by atoms with van der Waals surface area (Å²) in [5.74, 6) is 0.128. The summed E-state index contributed by atoms with van der Waals surface area (Å²) in [6.45, 7) is 3.46. The Kier molecular flexibility index (Phi) is 5.15. The number of anilines is 1. The Morgan fingerprint density at radius 1 is 1.40 bits per heavy atom. The number of hydrogen-bond donors (Lipinski definition) is 1. The molecular weight excluding hydrogens is 250 g/mol. The van der Waals surface area contributed by atoms with Gasteiger partial charge >= 0.3 is 0 Å². The molecule has 0 aromatic heterocycles. The van der Waals surface area contributed by atoms with Crippen molar-refractivity contribution in [2.45, 2.75) is 38.3 Å². The summed E-state index contributed by atoms with van der Waals surface area (Å²) in [5.41, 5.74) is 6.99. The van der Waals surface area contributed by atoms with Crippen LogP contribution < -0.4 is 10.6 Å². The zero-order valence-corrected chi connectivity index (χ0v) is 12.5. The third-order valence-corrected chi connectivity index (χ3v) is 4.13. The highest BCUT2D eigenvalue weighted by atomic mass is 16.2. The standard InChI is InChI=1S/C16H25N3O/c1-13(17)15-10-6-7-11-19(15)12-16(20)18(2)14-8-4-3-5-9-14/h3-5,8-9,13,15H,6-7,10-12,17H2,1-2H3. The molecule has 0 radical (unpaired) electrons. The first-order valence-corrected chi connectivity index (χ1v) is 7.41. The van der Waals surface area contributed by atoms with Gasteiger partial charge in [0, 0.05) is 24.8 Å². The number of nitrogens with zero attached hydrogens (tertiary/aromatic N) is 2. The molecule has 1 aromatic rings. The van der Waals surface area contributed by atoms with E-state index in [2.05, 4.69) is 4.90 Å². The van der Waals surface area contributed by atoms with Crippen LogP contribution in [0.4, 0.5) is 5.69 Å². The van der Waals surface area contributed by atoms with Crippen LogP contribution in [0.5, 0.6) is 0 Å². The van der Waals surface area contributed by atoms with Crippen molar-refractivity contribution in [2.75, 3.05) is 25.0 Å². The van der Waals surface area contributed by atoms with Crippen LogP contribution in [0.2, 0.25) is 0 Å². The van der Waals surface area contributed by atoms with E-state index in [-0.39, 0.29) is 11.9 Å². The smallest absolute Gasteiger partial charge is 0.240 e. The number of likely N-dealkylation sites (N-methyl/N-ethyl adjacent to an activating group) is 1. The second kappa shape index (κ2) is 6.86. The number of hydrogen-bond acceptors (Lipinski definition) is 3. The van der Waals surface area contributed by atoms with Gasteiger partial charge in [0.15, 0.2) is 0 Å². The van der Waals surface area contributed by atoms with Gasteiger partial charge in [0.05, 0.1) is 6.54 Å². The van der Waals surface area contributed by atoms with Crippen LogP contribution >= 0.6 is 0 Å². The molecule has 0 bridgehead atoms. The molecule has 0 saturated carbocycles. The lowest BCUT2D eigenvalue weighted by Crippen LogP contribution is -2.52. The average Bonchev–Trinajstić information content (AvgIpc) is 2.47. The first kappa shape index (κ1) is 15.0. The Bertz CT molecular complexity index is 433. The predicted octanol–water partition coefficient (Wildman–Crippen LogP) is 1.85. The summed E-state index contributed by atoms with van der Waals surface area (Å²) in [5, 5.41) is 0. The Labute approximate surface area is 121 Å². The molecule has 4 heteroatoms. The molecule has 1 fully saturated rings. The normalized spacial score (nSPS) is 21.4. The highest BCUT2D eigenvalue weighted by Gasteiger charge is 2.27. The third-order valence-electron chi connectivity index (χ3n) is 4.13. The number of carbonyl (C=O) groups excluding carboxylic acids is 1. The van der Waals surface area contributed by atoms with Crippen molar-refractivity contribution in [1.82, 2.24) is 4.90 Å². The molecule has 1 aromatic carbocycles. The quantitative estimate of drug-likeness (QED) is 0.912. The van der Waals surface area contributed by atoms with Crippen LogP contribution in [0, 0.1) is 0 Å². The van der Waals surface area contributed by atoms with Gasteiger partial charge in [-0.25, -0.2) is 0 Å². The SMILES string of the molecule is CC(N)C1CCCCN1CC(=O)N(C)c1ccccc1. The van der Waals surface area contributed by atoms with Gasteiger partial charge in [0.1, 0.15) is 0 Å². The second-order valence-corrected chi connectivity index (χ2v) is 5.68. The van der Waals surface area contributed by atoms with Gasteiger partial charge in [-0.1, -0.05) is 24.6 Å². The maximum absolute atomic E-state index is 12.4. The van der Waals surface area contributed by atoms with Gasteiger partial charge in [0.25, 0.3) is 0 Å². The first-order valence-electron chi connectivity index (χ1n) is 7.41. The molecule has 2 rings (SSSR count). The molecule has 1 aliphatic rings. The van der Waals surface area contributed by atoms with Crippen LogP contribution in [0.1, 0.15) is 26.2 Å². The number of rotatable bonds is 4. The zero-order valence-electron chi connectivity index (χ0n) is 12.5. The molecule has 2 atom stereocenters. The van der Waals surface area contributed by atoms with Crippen LogP contribution in [-0.4, -0.2) is 43.0 Å². The van der Waals surface area contributed by atoms with Crippen LogP contribution in [0.15, 0.2) is 30.3 Å². The molecule has 110 valence electrons. The van der Waals surface area contributed by atoms with Gasteiger partial charge in [-0.15, -0.1) is 0 Å². The topological polar surface area (TPSA) is 49.6 Å². The Morgan fingerprint density at radius 3 is 2.75 bits per heavy atom. The second-order valence-electron chi connectivity index (χ2n) is 5.68. The summed E-state index contributed by atoms with van der Waals surface area (Å²) in [6, 6.07) is 10.2. The van der Waals surface area contributed by atoms with Gasteiger partial charge in [-0.05, 0) is 38.4 Å². The van der Waals surface area contributed by atoms with Crippen molar-refractivity contribution in [2.24, 2.45) is 5.73 Å². The number of amides is 1. The fourth-order valence-corrected chi connectivity index (χ4v) is 2.88. The molecular formula is C16H25N3O. The summed E-state index contributed by atoms with van der Waals surface area (Å²) in [4.78, 5) is 16.4. The lowest BCUT2D eigenvalue weighted by atomic mass is 9.97. The molecule has 20 heavy (non-hydrogen) atoms. The number of para-hydroxylation sites is 1. The van der Waals surface area contributed by atoms with E-state index in [0.29, 0.717) is 12.6 Å². The van der Waals surface area contributed by atoms with E-state index in [0.717, 1.165) is 25.1 Å². The predicted molar refractivity (Wildman–Crippen MR) is 82.7 cm³/mol. The van der Waals surface area contributed by atoms with Crippen molar-refractivity contribution in [3.8, 4) is 0 Å². The summed E-state index contributed by atoms with van der Waals surface area (Å²) in [7, 11) is 1.84. The van der Waals surface area contributed by atoms with Crippen LogP contribution in [0.25, 0.3) is 0 Å². The average molecular weight is 275 g/mol. The highest BCUT2D eigenvalue weighted by molar-refractivity contribution is 5.94. The van der Waals surface area contributed by atoms with Gasteiger partial charge < -0.3 is 10.6 Å². The largest absolute Gasteiger partial charge is 0.327 e. The fraction of sp³-hybridized carbons (Fsp3) is 0.562. The molecule has 2 N–H and O–H groups in total. The summed E-state index contributed by atoms with van der Waals surface area (Å²) < 4.78 is 0. The van der Waals surface area contributed by atoms with Crippen LogP contribution in [0.3, 0.4) is 0 Å². The van der Waals surface area contributed by atoms with E-state index in [9.17, 15) is 4.79 Å². The minimum atomic E-state index is 0.116. The molecule has 0 aliphatic carbocycles. The van der Waals surface area contributed by atoms with E-state index in [1.54, 1.807) is 4.90 Å². The van der Waals surface area contributed by atoms with E-state index < -0.39 is 0 Å². The monoisotopic (exact) mass is 275 g/mol. The number of piperidine rings is 1. The van der Waals surface area contributed by atoms with Crippen molar-refractivity contribution < 1.29 is 4.79 Å². The van der Waals surface area contributed by atoms with E-state index >= 15 is 0 Å². The highest BCUT2D eigenvalue weighted by Crippen LogP contribution is 2.19. The minimum absolute atomic E-state index is 0.116. The van der Waals surface area contributed by atoms with Crippen molar-refractivity contribution in [1.29, 1.82) is 0 Å². The van der Waals surface area contributed by atoms with Gasteiger partial charge in [0.2, 0.25) is 5.91 Å². The lowest BCUT2D eigenvalue weighted by molar-refractivity contribution is -0.120. The minimum Gasteiger partial charge on any atom is -0.327 e. The summed E-state index contributed by atoms with van der Waals surface area (Å²) in [6.07, 6.45) is 3.47. The molecule has 4 nitrogen and oxygen atoms in total. The van der Waals surface area contributed by atoms with Crippen molar-refractivity contribution in [3.05, 3.63) is 30.3 Å². The molecule has 1 saturated heterocycles. The molecule has 1 aliphatic heterocycles. The van der Waals surface area contributed by atoms with Gasteiger partial charge in [-0.2, -0.15) is 0 Å². The van der Waals surface area contributed by atoms with E-state index in [1.165, 1.54) is 6.42 Å². The molecule has 2 unspecified atom stereocenters.